The minimum Gasteiger partial charge on any atom is -0.373 e. The van der Waals surface area contributed by atoms with Gasteiger partial charge in [-0.15, -0.1) is 0 Å². The number of hydrogen-bond donors (Lipinski definition) is 1. The fourth-order valence-electron chi connectivity index (χ4n) is 7.49. The van der Waals surface area contributed by atoms with Crippen LogP contribution in [0.2, 0.25) is 0 Å². The molecule has 0 aromatic heterocycles. The molecular formula is C21H27N5O. The van der Waals surface area contributed by atoms with Crippen LogP contribution < -0.4 is 5.32 Å². The Kier molecular flexibility index (Phi) is 3.95. The Morgan fingerprint density at radius 1 is 1.30 bits per heavy atom. The van der Waals surface area contributed by atoms with Crippen LogP contribution in [0.1, 0.15) is 38.5 Å². The summed E-state index contributed by atoms with van der Waals surface area (Å²) in [6.07, 6.45) is 10.5. The van der Waals surface area contributed by atoms with E-state index < -0.39 is 0 Å². The molecule has 7 rings (SSSR count). The number of rotatable bonds is 4. The second-order valence-corrected chi connectivity index (χ2v) is 9.37. The molecule has 6 unspecified atom stereocenters. The van der Waals surface area contributed by atoms with E-state index in [1.54, 1.807) is 11.0 Å². The van der Waals surface area contributed by atoms with Crippen LogP contribution in [-0.2, 0) is 4.79 Å². The number of carbonyl (C=O) groups is 1. The van der Waals surface area contributed by atoms with Crippen molar-refractivity contribution in [2.45, 2.75) is 56.7 Å². The van der Waals surface area contributed by atoms with Gasteiger partial charge in [0.2, 0.25) is 5.91 Å². The number of likely N-dealkylation sites (tertiary alicyclic amines) is 1. The van der Waals surface area contributed by atoms with E-state index in [2.05, 4.69) is 22.4 Å². The van der Waals surface area contributed by atoms with Gasteiger partial charge in [-0.1, -0.05) is 0 Å². The van der Waals surface area contributed by atoms with Crippen molar-refractivity contribution >= 4 is 5.91 Å². The molecule has 6 heteroatoms. The second-order valence-electron chi connectivity index (χ2n) is 9.37. The first kappa shape index (κ1) is 17.1. The molecule has 142 valence electrons. The Bertz CT molecular complexity index is 747. The molecule has 1 N–H and O–H groups in total. The standard InChI is InChI=1S/C21H27N5O/c22-4-2-5-25-13-21-9-14-7-15(10-21)19(25)17(8-14)20(21)24-12-18(27)26-6-1-3-16(26)11-23/h2,5,14-17,19-20,24H,1,3,6-10,12-13H2/b5-2+/t14?,15?,16-,17?,19?,20?,21?/m0/s1. The third-order valence-electron chi connectivity index (χ3n) is 8.03. The van der Waals surface area contributed by atoms with E-state index in [4.69, 9.17) is 5.26 Å². The zero-order valence-corrected chi connectivity index (χ0v) is 15.7. The van der Waals surface area contributed by atoms with Crippen molar-refractivity contribution in [1.29, 1.82) is 10.5 Å². The van der Waals surface area contributed by atoms with E-state index >= 15 is 0 Å². The van der Waals surface area contributed by atoms with Crippen LogP contribution in [0.3, 0.4) is 0 Å². The van der Waals surface area contributed by atoms with Crippen LogP contribution in [-0.4, -0.2) is 53.5 Å². The molecule has 0 aromatic carbocycles. The fourth-order valence-corrected chi connectivity index (χ4v) is 7.49. The highest BCUT2D eigenvalue weighted by Crippen LogP contribution is 2.64. The number of nitriles is 2. The van der Waals surface area contributed by atoms with E-state index in [1.807, 2.05) is 6.20 Å². The molecule has 4 aliphatic carbocycles. The van der Waals surface area contributed by atoms with E-state index in [0.717, 1.165) is 37.8 Å². The van der Waals surface area contributed by atoms with Gasteiger partial charge >= 0.3 is 0 Å². The van der Waals surface area contributed by atoms with Gasteiger partial charge < -0.3 is 15.1 Å². The third-order valence-corrected chi connectivity index (χ3v) is 8.03. The molecule has 6 nitrogen and oxygen atoms in total. The van der Waals surface area contributed by atoms with Crippen molar-refractivity contribution < 1.29 is 4.79 Å². The van der Waals surface area contributed by atoms with Gasteiger partial charge in [0.15, 0.2) is 0 Å². The molecular weight excluding hydrogens is 338 g/mol. The molecule has 4 saturated carbocycles. The molecule has 3 heterocycles. The predicted octanol–water partition coefficient (Wildman–Crippen LogP) is 1.62. The van der Waals surface area contributed by atoms with Crippen molar-refractivity contribution in [3.63, 3.8) is 0 Å². The normalized spacial score (nSPS) is 44.1. The summed E-state index contributed by atoms with van der Waals surface area (Å²) in [5.74, 6) is 2.25. The van der Waals surface area contributed by atoms with E-state index in [1.165, 1.54) is 25.7 Å². The zero-order chi connectivity index (χ0) is 18.6. The molecule has 1 amide bonds. The molecule has 1 spiro atoms. The predicted molar refractivity (Wildman–Crippen MR) is 98.8 cm³/mol. The number of nitrogens with one attached hydrogen (secondary N) is 1. The van der Waals surface area contributed by atoms with Crippen molar-refractivity contribution in [3.8, 4) is 12.1 Å². The Morgan fingerprint density at radius 2 is 2.19 bits per heavy atom. The minimum atomic E-state index is -0.237. The molecule has 27 heavy (non-hydrogen) atoms. The summed E-state index contributed by atoms with van der Waals surface area (Å²) >= 11 is 0. The quantitative estimate of drug-likeness (QED) is 0.766. The molecule has 7 atom stereocenters. The van der Waals surface area contributed by atoms with Crippen LogP contribution in [0.4, 0.5) is 0 Å². The topological polar surface area (TPSA) is 83.2 Å². The number of amides is 1. The van der Waals surface area contributed by atoms with Gasteiger partial charge in [0.05, 0.1) is 18.7 Å². The largest absolute Gasteiger partial charge is 0.373 e. The summed E-state index contributed by atoms with van der Waals surface area (Å²) in [5, 5.41) is 21.9. The fraction of sp³-hybridized carbons (Fsp3) is 0.762. The lowest BCUT2D eigenvalue weighted by Gasteiger charge is -2.71. The highest BCUT2D eigenvalue weighted by atomic mass is 16.2. The van der Waals surface area contributed by atoms with Gasteiger partial charge in [-0.05, 0) is 56.3 Å². The van der Waals surface area contributed by atoms with E-state index in [0.29, 0.717) is 24.5 Å². The summed E-state index contributed by atoms with van der Waals surface area (Å²) in [5.41, 5.74) is 0.241. The summed E-state index contributed by atoms with van der Waals surface area (Å²) < 4.78 is 0. The van der Waals surface area contributed by atoms with Crippen molar-refractivity contribution in [2.24, 2.45) is 23.2 Å². The zero-order valence-electron chi connectivity index (χ0n) is 15.7. The highest BCUT2D eigenvalue weighted by Gasteiger charge is 2.65. The molecule has 7 aliphatic rings. The minimum absolute atomic E-state index is 0.0846. The molecule has 0 radical (unpaired) electrons. The Labute approximate surface area is 160 Å². The second kappa shape index (κ2) is 6.24. The third kappa shape index (κ3) is 2.50. The number of hydrogen-bond acceptors (Lipinski definition) is 5. The summed E-state index contributed by atoms with van der Waals surface area (Å²) in [6.45, 7) is 2.09. The van der Waals surface area contributed by atoms with Crippen molar-refractivity contribution in [2.75, 3.05) is 19.6 Å². The maximum atomic E-state index is 12.7. The van der Waals surface area contributed by atoms with Crippen LogP contribution in [0.15, 0.2) is 12.3 Å². The van der Waals surface area contributed by atoms with Gasteiger partial charge in [-0.3, -0.25) is 4.79 Å². The molecule has 3 aliphatic heterocycles. The van der Waals surface area contributed by atoms with Gasteiger partial charge in [0, 0.05) is 42.9 Å². The lowest BCUT2D eigenvalue weighted by atomic mass is 9.43. The van der Waals surface area contributed by atoms with Gasteiger partial charge in [-0.2, -0.15) is 10.5 Å². The molecule has 0 aromatic rings. The lowest BCUT2D eigenvalue weighted by molar-refractivity contribution is -0.187. The summed E-state index contributed by atoms with van der Waals surface area (Å²) in [7, 11) is 0. The average Bonchev–Trinajstić information content (AvgIpc) is 3.13. The van der Waals surface area contributed by atoms with Gasteiger partial charge in [0.25, 0.3) is 0 Å². The van der Waals surface area contributed by atoms with Crippen LogP contribution in [0, 0.1) is 45.8 Å². The number of carbonyl (C=O) groups excluding carboxylic acids is 1. The smallest absolute Gasteiger partial charge is 0.237 e. The van der Waals surface area contributed by atoms with Crippen LogP contribution >= 0.6 is 0 Å². The molecule has 5 bridgehead atoms. The number of allylic oxidation sites excluding steroid dienone is 1. The van der Waals surface area contributed by atoms with Crippen LogP contribution in [0.25, 0.3) is 0 Å². The Morgan fingerprint density at radius 3 is 2.96 bits per heavy atom. The van der Waals surface area contributed by atoms with Gasteiger partial charge in [0.1, 0.15) is 6.04 Å². The molecule has 7 fully saturated rings. The van der Waals surface area contributed by atoms with E-state index in [9.17, 15) is 10.1 Å². The Balaban J connectivity index is 1.32. The first-order valence-corrected chi connectivity index (χ1v) is 10.4. The summed E-state index contributed by atoms with van der Waals surface area (Å²) in [4.78, 5) is 16.9. The number of piperidine rings is 2. The van der Waals surface area contributed by atoms with Crippen molar-refractivity contribution in [1.82, 2.24) is 15.1 Å². The SMILES string of the molecule is N#C/C=C/N1CC23CC4CC(C2)C1C(C4)C3NCC(=O)N1CCC[C@H]1C#N. The monoisotopic (exact) mass is 365 g/mol. The summed E-state index contributed by atoms with van der Waals surface area (Å²) in [6, 6.07) is 5.09. The van der Waals surface area contributed by atoms with Crippen molar-refractivity contribution in [3.05, 3.63) is 12.3 Å². The maximum Gasteiger partial charge on any atom is 0.237 e. The number of nitrogens with zero attached hydrogens (tertiary/aromatic N) is 4. The maximum absolute atomic E-state index is 12.7. The Hall–Kier alpha value is -2.05. The first-order chi connectivity index (χ1) is 13.1. The molecule has 3 saturated heterocycles. The average molecular weight is 365 g/mol. The highest BCUT2D eigenvalue weighted by molar-refractivity contribution is 5.79. The first-order valence-electron chi connectivity index (χ1n) is 10.4. The van der Waals surface area contributed by atoms with Gasteiger partial charge in [-0.25, -0.2) is 0 Å². The van der Waals surface area contributed by atoms with Crippen LogP contribution in [0.5, 0.6) is 0 Å². The number of fused-ring (bicyclic) bond motifs is 1. The van der Waals surface area contributed by atoms with E-state index in [-0.39, 0.29) is 17.4 Å². The lowest BCUT2D eigenvalue weighted by Crippen LogP contribution is -2.76.